The van der Waals surface area contributed by atoms with Crippen LogP contribution >= 0.6 is 0 Å². The minimum atomic E-state index is 0.223. The van der Waals surface area contributed by atoms with Crippen LogP contribution in [0.2, 0.25) is 0 Å². The molecule has 206 valence electrons. The molecule has 0 aliphatic heterocycles. The zero-order valence-corrected chi connectivity index (χ0v) is 26.5. The van der Waals surface area contributed by atoms with Crippen molar-refractivity contribution < 1.29 is 10.5 Å². The summed E-state index contributed by atoms with van der Waals surface area (Å²) in [5.74, 6) is 1.19. The highest BCUT2D eigenvalue weighted by molar-refractivity contribution is 5.41. The molecule has 2 rings (SSSR count). The quantitative estimate of drug-likeness (QED) is 0.319. The fraction of sp³-hybridized carbons (Fsp3) is 0.647. The van der Waals surface area contributed by atoms with Crippen LogP contribution in [0.1, 0.15) is 156 Å². The van der Waals surface area contributed by atoms with Gasteiger partial charge in [0.15, 0.2) is 0 Å². The minimum absolute atomic E-state index is 0.223. The molecule has 36 heavy (non-hydrogen) atoms. The van der Waals surface area contributed by atoms with Crippen LogP contribution in [0.4, 0.5) is 0 Å². The molecule has 2 heteroatoms. The topological polar surface area (TPSA) is 40.5 Å². The van der Waals surface area contributed by atoms with Gasteiger partial charge in [-0.25, -0.2) is 0 Å². The third-order valence-corrected chi connectivity index (χ3v) is 6.70. The van der Waals surface area contributed by atoms with E-state index in [4.69, 9.17) is 10.5 Å². The van der Waals surface area contributed by atoms with Crippen LogP contribution < -0.4 is 0 Å². The van der Waals surface area contributed by atoms with Crippen molar-refractivity contribution in [3.05, 3.63) is 69.8 Å². The van der Waals surface area contributed by atoms with Crippen molar-refractivity contribution in [3.63, 3.8) is 0 Å². The Labute approximate surface area is 224 Å². The van der Waals surface area contributed by atoms with E-state index < -0.39 is 0 Å². The predicted octanol–water partition coefficient (Wildman–Crippen LogP) is 10.8. The summed E-state index contributed by atoms with van der Waals surface area (Å²) in [6.45, 7) is 36.6. The number of benzene rings is 2. The molecule has 2 aromatic rings. The molecule has 0 bridgehead atoms. The Morgan fingerprint density at radius 2 is 0.694 bits per heavy atom. The molecule has 2 N–H and O–H groups in total. The van der Waals surface area contributed by atoms with Gasteiger partial charge in [0.25, 0.3) is 0 Å². The average Bonchev–Trinajstić information content (AvgIpc) is 2.72. The van der Waals surface area contributed by atoms with E-state index in [0.717, 1.165) is 0 Å². The lowest BCUT2D eigenvalue weighted by molar-refractivity contribution is -0.176. The van der Waals surface area contributed by atoms with Gasteiger partial charge in [-0.3, -0.25) is 10.5 Å². The molecular formula is C34H58O2. The van der Waals surface area contributed by atoms with Crippen LogP contribution in [-0.4, -0.2) is 10.5 Å². The second kappa shape index (κ2) is 12.7. The molecule has 0 saturated heterocycles. The largest absolute Gasteiger partial charge is 0.255 e. The van der Waals surface area contributed by atoms with Crippen LogP contribution in [-0.2, 0) is 21.7 Å². The third-order valence-electron chi connectivity index (χ3n) is 6.70. The van der Waals surface area contributed by atoms with Crippen molar-refractivity contribution in [2.24, 2.45) is 0 Å². The molecule has 0 amide bonds. The first-order valence-corrected chi connectivity index (χ1v) is 13.6. The maximum Gasteiger partial charge on any atom is -0.0129 e. The zero-order valence-electron chi connectivity index (χ0n) is 26.5. The Morgan fingerprint density at radius 1 is 0.444 bits per heavy atom. The lowest BCUT2D eigenvalue weighted by atomic mass is 9.76. The van der Waals surface area contributed by atoms with E-state index in [9.17, 15) is 0 Å². The summed E-state index contributed by atoms with van der Waals surface area (Å²) in [6.07, 6.45) is 0. The van der Waals surface area contributed by atoms with Gasteiger partial charge < -0.3 is 0 Å². The van der Waals surface area contributed by atoms with Crippen LogP contribution in [0.25, 0.3) is 0 Å². The van der Waals surface area contributed by atoms with Crippen molar-refractivity contribution >= 4 is 0 Å². The van der Waals surface area contributed by atoms with Gasteiger partial charge in [-0.15, -0.1) is 0 Å². The summed E-state index contributed by atoms with van der Waals surface area (Å²) in [7, 11) is 0. The molecule has 2 aromatic carbocycles. The Hall–Kier alpha value is -1.64. The van der Waals surface area contributed by atoms with E-state index in [1.165, 1.54) is 33.4 Å². The van der Waals surface area contributed by atoms with Gasteiger partial charge in [-0.05, 0) is 66.9 Å². The summed E-state index contributed by atoms with van der Waals surface area (Å²) < 4.78 is 0. The third kappa shape index (κ3) is 10.0. The van der Waals surface area contributed by atoms with Gasteiger partial charge in [0.2, 0.25) is 0 Å². The summed E-state index contributed by atoms with van der Waals surface area (Å²) >= 11 is 0. The number of rotatable bonds is 2. The molecule has 0 aliphatic carbocycles. The van der Waals surface area contributed by atoms with E-state index in [1.54, 1.807) is 0 Å². The lowest BCUT2D eigenvalue weighted by Gasteiger charge is -2.28. The van der Waals surface area contributed by atoms with Gasteiger partial charge in [0.05, 0.1) is 0 Å². The SMILES string of the molecule is CC(C)c1ccc(C(C)(C)C)cc1C(C)(C)C.CC(C)c1ccc(C(C)(C)C)cc1C(C)(C)C.OO. The van der Waals surface area contributed by atoms with Crippen molar-refractivity contribution in [3.8, 4) is 0 Å². The van der Waals surface area contributed by atoms with E-state index >= 15 is 0 Å². The zero-order chi connectivity index (χ0) is 28.9. The highest BCUT2D eigenvalue weighted by Gasteiger charge is 2.24. The second-order valence-corrected chi connectivity index (χ2v) is 14.9. The average molecular weight is 499 g/mol. The Balaban J connectivity index is 0.000000637. The summed E-state index contributed by atoms with van der Waals surface area (Å²) in [6, 6.07) is 14.1. The second-order valence-electron chi connectivity index (χ2n) is 14.9. The minimum Gasteiger partial charge on any atom is -0.255 e. The number of hydrogen-bond acceptors (Lipinski definition) is 2. The predicted molar refractivity (Wildman–Crippen MR) is 161 cm³/mol. The first-order chi connectivity index (χ1) is 16.1. The van der Waals surface area contributed by atoms with Crippen LogP contribution in [0, 0.1) is 0 Å². The lowest BCUT2D eigenvalue weighted by Crippen LogP contribution is -2.18. The van der Waals surface area contributed by atoms with Crippen molar-refractivity contribution in [1.29, 1.82) is 0 Å². The molecule has 0 fully saturated rings. The van der Waals surface area contributed by atoms with Crippen LogP contribution in [0.5, 0.6) is 0 Å². The molecule has 2 nitrogen and oxygen atoms in total. The monoisotopic (exact) mass is 498 g/mol. The van der Waals surface area contributed by atoms with Crippen molar-refractivity contribution in [2.75, 3.05) is 0 Å². The molecule has 0 aromatic heterocycles. The van der Waals surface area contributed by atoms with Crippen molar-refractivity contribution in [1.82, 2.24) is 0 Å². The van der Waals surface area contributed by atoms with Gasteiger partial charge in [-0.1, -0.05) is 147 Å². The smallest absolute Gasteiger partial charge is 0.0129 e. The maximum atomic E-state index is 6.00. The molecule has 0 spiro atoms. The molecule has 0 radical (unpaired) electrons. The molecular weight excluding hydrogens is 440 g/mol. The molecule has 0 saturated carbocycles. The molecule has 0 unspecified atom stereocenters. The summed E-state index contributed by atoms with van der Waals surface area (Å²) in [4.78, 5) is 0. The Bertz CT molecular complexity index is 858. The molecule has 0 atom stereocenters. The first kappa shape index (κ1) is 34.4. The van der Waals surface area contributed by atoms with Gasteiger partial charge in [-0.2, -0.15) is 0 Å². The van der Waals surface area contributed by atoms with E-state index in [2.05, 4.69) is 147 Å². The van der Waals surface area contributed by atoms with Gasteiger partial charge in [0.1, 0.15) is 0 Å². The van der Waals surface area contributed by atoms with Crippen LogP contribution in [0.15, 0.2) is 36.4 Å². The van der Waals surface area contributed by atoms with Gasteiger partial charge >= 0.3 is 0 Å². The first-order valence-electron chi connectivity index (χ1n) is 13.6. The highest BCUT2D eigenvalue weighted by atomic mass is 17.0. The Morgan fingerprint density at radius 3 is 0.861 bits per heavy atom. The molecule has 0 aliphatic rings. The highest BCUT2D eigenvalue weighted by Crippen LogP contribution is 2.35. The van der Waals surface area contributed by atoms with E-state index in [0.29, 0.717) is 11.8 Å². The van der Waals surface area contributed by atoms with E-state index in [-0.39, 0.29) is 21.7 Å². The standard InChI is InChI=1S/2C17H28.H2O2/c2*1-12(2)14-10-9-13(16(3,4)5)11-15(14)17(6,7)8;1-2/h2*9-12H,1-8H3;1-2H. The van der Waals surface area contributed by atoms with E-state index in [1.807, 2.05) is 0 Å². The summed E-state index contributed by atoms with van der Waals surface area (Å²) in [5.41, 5.74) is 9.77. The van der Waals surface area contributed by atoms with Crippen LogP contribution in [0.3, 0.4) is 0 Å². The van der Waals surface area contributed by atoms with Crippen molar-refractivity contribution in [2.45, 2.75) is 144 Å². The summed E-state index contributed by atoms with van der Waals surface area (Å²) in [5, 5.41) is 12.0. The Kier molecular flexibility index (Phi) is 12.2. The normalized spacial score (nSPS) is 12.7. The molecule has 0 heterocycles. The number of hydrogen-bond donors (Lipinski definition) is 2. The fourth-order valence-electron chi connectivity index (χ4n) is 4.35. The maximum absolute atomic E-state index is 6.00. The fourth-order valence-corrected chi connectivity index (χ4v) is 4.35. The van der Waals surface area contributed by atoms with Gasteiger partial charge in [0, 0.05) is 0 Å².